The summed E-state index contributed by atoms with van der Waals surface area (Å²) in [6.07, 6.45) is 2.83. The second-order valence-electron chi connectivity index (χ2n) is 2.47. The lowest BCUT2D eigenvalue weighted by atomic mass is 10.1. The Morgan fingerprint density at radius 3 is 2.25 bits per heavy atom. The van der Waals surface area contributed by atoms with E-state index >= 15 is 0 Å². The Labute approximate surface area is 87.4 Å². The molecule has 12 heavy (non-hydrogen) atoms. The van der Waals surface area contributed by atoms with Crippen LogP contribution in [0, 0.1) is 6.42 Å². The van der Waals surface area contributed by atoms with Crippen LogP contribution in [0.2, 0.25) is 15.1 Å². The SMILES string of the molecule is C[CH]Cc1cc(Cl)c(Cl)cc1Cl. The Kier molecular flexibility index (Phi) is 3.70. The Morgan fingerprint density at radius 2 is 1.67 bits per heavy atom. The van der Waals surface area contributed by atoms with E-state index < -0.39 is 0 Å². The van der Waals surface area contributed by atoms with Crippen LogP contribution in [0.1, 0.15) is 12.5 Å². The van der Waals surface area contributed by atoms with Crippen molar-refractivity contribution in [3.63, 3.8) is 0 Å². The van der Waals surface area contributed by atoms with E-state index in [9.17, 15) is 0 Å². The van der Waals surface area contributed by atoms with Crippen molar-refractivity contribution in [1.29, 1.82) is 0 Å². The van der Waals surface area contributed by atoms with Crippen molar-refractivity contribution in [2.75, 3.05) is 0 Å². The first kappa shape index (κ1) is 10.2. The smallest absolute Gasteiger partial charge is 0.0607 e. The molecule has 0 aliphatic rings. The normalized spacial score (nSPS) is 10.3. The molecule has 1 radical (unpaired) electrons. The second kappa shape index (κ2) is 4.36. The molecule has 65 valence electrons. The summed E-state index contributed by atoms with van der Waals surface area (Å²) in [6, 6.07) is 3.47. The monoisotopic (exact) mass is 221 g/mol. The number of hydrogen-bond donors (Lipinski definition) is 0. The number of halogens is 3. The van der Waals surface area contributed by atoms with Gasteiger partial charge in [0.1, 0.15) is 0 Å². The van der Waals surface area contributed by atoms with Gasteiger partial charge in [-0.25, -0.2) is 0 Å². The third kappa shape index (κ3) is 2.29. The third-order valence-corrected chi connectivity index (χ3v) is 2.59. The van der Waals surface area contributed by atoms with Crippen LogP contribution in [-0.4, -0.2) is 0 Å². The van der Waals surface area contributed by atoms with E-state index in [-0.39, 0.29) is 0 Å². The zero-order valence-electron chi connectivity index (χ0n) is 6.57. The van der Waals surface area contributed by atoms with E-state index in [0.29, 0.717) is 15.1 Å². The van der Waals surface area contributed by atoms with Gasteiger partial charge in [0, 0.05) is 5.02 Å². The summed E-state index contributed by atoms with van der Waals surface area (Å²) in [4.78, 5) is 0. The van der Waals surface area contributed by atoms with Crippen LogP contribution >= 0.6 is 34.8 Å². The molecule has 0 atom stereocenters. The zero-order chi connectivity index (χ0) is 9.14. The van der Waals surface area contributed by atoms with Crippen molar-refractivity contribution in [3.05, 3.63) is 39.2 Å². The molecule has 0 N–H and O–H groups in total. The molecule has 1 aromatic carbocycles. The molecule has 0 nitrogen and oxygen atoms in total. The van der Waals surface area contributed by atoms with Gasteiger partial charge >= 0.3 is 0 Å². The lowest BCUT2D eigenvalue weighted by Crippen LogP contribution is -1.85. The lowest BCUT2D eigenvalue weighted by Gasteiger charge is -2.03. The van der Waals surface area contributed by atoms with E-state index in [4.69, 9.17) is 34.8 Å². The van der Waals surface area contributed by atoms with E-state index in [0.717, 1.165) is 12.0 Å². The molecule has 0 aliphatic carbocycles. The van der Waals surface area contributed by atoms with Gasteiger partial charge in [-0.05, 0) is 30.5 Å². The number of benzene rings is 1. The van der Waals surface area contributed by atoms with Crippen LogP contribution in [0.5, 0.6) is 0 Å². The van der Waals surface area contributed by atoms with Crippen LogP contribution in [0.4, 0.5) is 0 Å². The Bertz CT molecular complexity index is 281. The highest BCUT2D eigenvalue weighted by Gasteiger charge is 2.04. The first-order valence-electron chi connectivity index (χ1n) is 3.56. The van der Waals surface area contributed by atoms with Crippen molar-refractivity contribution < 1.29 is 0 Å². The fraction of sp³-hybridized carbons (Fsp3) is 0.222. The first-order chi connectivity index (χ1) is 5.65. The maximum Gasteiger partial charge on any atom is 0.0607 e. The van der Waals surface area contributed by atoms with Crippen molar-refractivity contribution in [2.24, 2.45) is 0 Å². The van der Waals surface area contributed by atoms with Crippen molar-refractivity contribution in [3.8, 4) is 0 Å². The molecule has 0 aliphatic heterocycles. The number of hydrogen-bond acceptors (Lipinski definition) is 0. The van der Waals surface area contributed by atoms with Gasteiger partial charge in [0.05, 0.1) is 10.0 Å². The molecule has 0 amide bonds. The maximum absolute atomic E-state index is 5.92. The summed E-state index contributed by atoms with van der Waals surface area (Å²) >= 11 is 17.5. The van der Waals surface area contributed by atoms with Gasteiger partial charge in [-0.3, -0.25) is 0 Å². The highest BCUT2D eigenvalue weighted by Crippen LogP contribution is 2.29. The molecule has 0 unspecified atom stereocenters. The molecule has 1 rings (SSSR count). The van der Waals surface area contributed by atoms with Crippen LogP contribution in [0.15, 0.2) is 12.1 Å². The van der Waals surface area contributed by atoms with E-state index in [1.54, 1.807) is 12.1 Å². The van der Waals surface area contributed by atoms with Gasteiger partial charge < -0.3 is 0 Å². The quantitative estimate of drug-likeness (QED) is 0.650. The fourth-order valence-electron chi connectivity index (χ4n) is 0.940. The molecular formula is C9H8Cl3. The van der Waals surface area contributed by atoms with Gasteiger partial charge in [-0.15, -0.1) is 0 Å². The van der Waals surface area contributed by atoms with Gasteiger partial charge in [-0.1, -0.05) is 41.7 Å². The molecule has 0 spiro atoms. The Balaban J connectivity index is 3.05. The van der Waals surface area contributed by atoms with E-state index in [1.807, 2.05) is 13.3 Å². The molecule has 0 saturated carbocycles. The largest absolute Gasteiger partial charge is 0.0840 e. The fourth-order valence-corrected chi connectivity index (χ4v) is 1.59. The van der Waals surface area contributed by atoms with Gasteiger partial charge in [0.25, 0.3) is 0 Å². The average Bonchev–Trinajstić information content (AvgIpc) is 2.01. The van der Waals surface area contributed by atoms with Crippen LogP contribution in [-0.2, 0) is 6.42 Å². The summed E-state index contributed by atoms with van der Waals surface area (Å²) in [6.45, 7) is 1.97. The van der Waals surface area contributed by atoms with Gasteiger partial charge in [0.15, 0.2) is 0 Å². The maximum atomic E-state index is 5.92. The second-order valence-corrected chi connectivity index (χ2v) is 3.69. The third-order valence-electron chi connectivity index (χ3n) is 1.51. The van der Waals surface area contributed by atoms with Crippen LogP contribution in [0.3, 0.4) is 0 Å². The van der Waals surface area contributed by atoms with Crippen molar-refractivity contribution in [2.45, 2.75) is 13.3 Å². The minimum absolute atomic E-state index is 0.501. The summed E-state index contributed by atoms with van der Waals surface area (Å²) in [5, 5.41) is 1.72. The summed E-state index contributed by atoms with van der Waals surface area (Å²) in [5.41, 5.74) is 1.01. The molecular weight excluding hydrogens is 214 g/mol. The van der Waals surface area contributed by atoms with Crippen molar-refractivity contribution in [1.82, 2.24) is 0 Å². The summed E-state index contributed by atoms with van der Waals surface area (Å²) < 4.78 is 0. The molecule has 0 aromatic heterocycles. The predicted molar refractivity (Wildman–Crippen MR) is 55.2 cm³/mol. The highest BCUT2D eigenvalue weighted by molar-refractivity contribution is 6.43. The highest BCUT2D eigenvalue weighted by atomic mass is 35.5. The van der Waals surface area contributed by atoms with Crippen LogP contribution < -0.4 is 0 Å². The predicted octanol–water partition coefficient (Wildman–Crippen LogP) is 4.41. The molecule has 0 bridgehead atoms. The Morgan fingerprint density at radius 1 is 1.08 bits per heavy atom. The van der Waals surface area contributed by atoms with Crippen LogP contribution in [0.25, 0.3) is 0 Å². The average molecular weight is 223 g/mol. The standard InChI is InChI=1S/C9H8Cl3/c1-2-3-6-4-8(11)9(12)5-7(6)10/h2,4-5H,3H2,1H3. The molecule has 0 fully saturated rings. The topological polar surface area (TPSA) is 0 Å². The molecule has 0 saturated heterocycles. The first-order valence-corrected chi connectivity index (χ1v) is 4.69. The number of rotatable bonds is 2. The minimum Gasteiger partial charge on any atom is -0.0840 e. The Hall–Kier alpha value is 0.0900. The molecule has 3 heteroatoms. The van der Waals surface area contributed by atoms with Gasteiger partial charge in [0.2, 0.25) is 0 Å². The zero-order valence-corrected chi connectivity index (χ0v) is 8.84. The lowest BCUT2D eigenvalue weighted by molar-refractivity contribution is 1.14. The minimum atomic E-state index is 0.501. The van der Waals surface area contributed by atoms with E-state index in [2.05, 4.69) is 0 Å². The van der Waals surface area contributed by atoms with Crippen molar-refractivity contribution >= 4 is 34.8 Å². The summed E-state index contributed by atoms with van der Waals surface area (Å²) in [7, 11) is 0. The van der Waals surface area contributed by atoms with E-state index in [1.165, 1.54) is 0 Å². The molecule has 1 aromatic rings. The molecule has 0 heterocycles. The summed E-state index contributed by atoms with van der Waals surface area (Å²) in [5.74, 6) is 0. The van der Waals surface area contributed by atoms with Gasteiger partial charge in [-0.2, -0.15) is 0 Å².